The Balaban J connectivity index is 2.16. The van der Waals surface area contributed by atoms with Gasteiger partial charge in [0, 0.05) is 5.56 Å². The molecule has 1 unspecified atom stereocenters. The SMILES string of the molecule is O=C1Oc2ccccc2C1(O)C1(O)CCCC1. The van der Waals surface area contributed by atoms with Crippen molar-refractivity contribution in [2.24, 2.45) is 0 Å². The highest BCUT2D eigenvalue weighted by atomic mass is 16.6. The average Bonchev–Trinajstić information content (AvgIpc) is 2.86. The minimum absolute atomic E-state index is 0.348. The molecule has 3 rings (SSSR count). The molecular weight excluding hydrogens is 220 g/mol. The van der Waals surface area contributed by atoms with Crippen LogP contribution in [-0.2, 0) is 10.4 Å². The van der Waals surface area contributed by atoms with Crippen LogP contribution in [-0.4, -0.2) is 21.8 Å². The average molecular weight is 234 g/mol. The van der Waals surface area contributed by atoms with Crippen molar-refractivity contribution in [1.82, 2.24) is 0 Å². The molecule has 90 valence electrons. The Hall–Kier alpha value is -1.39. The quantitative estimate of drug-likeness (QED) is 0.564. The third-order valence-corrected chi connectivity index (χ3v) is 3.88. The molecule has 2 aliphatic rings. The van der Waals surface area contributed by atoms with Gasteiger partial charge in [0.15, 0.2) is 0 Å². The van der Waals surface area contributed by atoms with Crippen LogP contribution in [0.1, 0.15) is 31.2 Å². The van der Waals surface area contributed by atoms with Crippen LogP contribution in [0.4, 0.5) is 0 Å². The lowest BCUT2D eigenvalue weighted by atomic mass is 9.77. The fraction of sp³-hybridized carbons (Fsp3) is 0.462. The molecule has 17 heavy (non-hydrogen) atoms. The van der Waals surface area contributed by atoms with Gasteiger partial charge in [0.2, 0.25) is 5.60 Å². The first-order valence-corrected chi connectivity index (χ1v) is 5.84. The largest absolute Gasteiger partial charge is 0.424 e. The minimum atomic E-state index is -1.90. The topological polar surface area (TPSA) is 66.8 Å². The molecule has 0 bridgehead atoms. The number of aliphatic hydroxyl groups is 2. The van der Waals surface area contributed by atoms with Crippen LogP contribution in [0.2, 0.25) is 0 Å². The van der Waals surface area contributed by atoms with Gasteiger partial charge in [-0.3, -0.25) is 0 Å². The van der Waals surface area contributed by atoms with Gasteiger partial charge in [-0.05, 0) is 18.9 Å². The predicted molar refractivity (Wildman–Crippen MR) is 59.4 cm³/mol. The lowest BCUT2D eigenvalue weighted by Gasteiger charge is -2.35. The minimum Gasteiger partial charge on any atom is -0.424 e. The Morgan fingerprint density at radius 1 is 1.12 bits per heavy atom. The molecule has 1 atom stereocenters. The van der Waals surface area contributed by atoms with Crippen molar-refractivity contribution in [2.45, 2.75) is 36.9 Å². The third-order valence-electron chi connectivity index (χ3n) is 3.88. The number of benzene rings is 1. The van der Waals surface area contributed by atoms with E-state index in [9.17, 15) is 15.0 Å². The summed E-state index contributed by atoms with van der Waals surface area (Å²) in [7, 11) is 0. The van der Waals surface area contributed by atoms with Gasteiger partial charge >= 0.3 is 5.97 Å². The van der Waals surface area contributed by atoms with E-state index >= 15 is 0 Å². The van der Waals surface area contributed by atoms with Gasteiger partial charge in [-0.1, -0.05) is 31.0 Å². The van der Waals surface area contributed by atoms with Gasteiger partial charge in [-0.2, -0.15) is 0 Å². The first-order valence-electron chi connectivity index (χ1n) is 5.84. The number of rotatable bonds is 1. The van der Waals surface area contributed by atoms with E-state index in [2.05, 4.69) is 0 Å². The Kier molecular flexibility index (Phi) is 2.09. The smallest absolute Gasteiger partial charge is 0.351 e. The second-order valence-electron chi connectivity index (χ2n) is 4.83. The first-order chi connectivity index (χ1) is 8.08. The second kappa shape index (κ2) is 3.31. The second-order valence-corrected chi connectivity index (χ2v) is 4.83. The van der Waals surface area contributed by atoms with Crippen molar-refractivity contribution in [1.29, 1.82) is 0 Å². The molecule has 0 aromatic heterocycles. The summed E-state index contributed by atoms with van der Waals surface area (Å²) in [6.45, 7) is 0. The van der Waals surface area contributed by atoms with Crippen LogP contribution in [0, 0.1) is 0 Å². The zero-order valence-electron chi connectivity index (χ0n) is 9.35. The lowest BCUT2D eigenvalue weighted by molar-refractivity contribution is -0.185. The van der Waals surface area contributed by atoms with E-state index in [1.165, 1.54) is 0 Å². The van der Waals surface area contributed by atoms with Gasteiger partial charge < -0.3 is 14.9 Å². The van der Waals surface area contributed by atoms with E-state index < -0.39 is 17.2 Å². The van der Waals surface area contributed by atoms with E-state index in [1.807, 2.05) is 0 Å². The van der Waals surface area contributed by atoms with E-state index in [0.717, 1.165) is 12.8 Å². The van der Waals surface area contributed by atoms with E-state index in [-0.39, 0.29) is 0 Å². The molecule has 1 fully saturated rings. The maximum absolute atomic E-state index is 11.9. The predicted octanol–water partition coefficient (Wildman–Crippen LogP) is 1.10. The van der Waals surface area contributed by atoms with Crippen molar-refractivity contribution < 1.29 is 19.7 Å². The standard InChI is InChI=1S/C13H14O4/c14-11-13(16,12(15)7-3-4-8-12)9-5-1-2-6-10(9)17-11/h1-2,5-6,15-16H,3-4,7-8H2. The van der Waals surface area contributed by atoms with Crippen molar-refractivity contribution in [3.05, 3.63) is 29.8 Å². The number of para-hydroxylation sites is 1. The maximum Gasteiger partial charge on any atom is 0.351 e. The van der Waals surface area contributed by atoms with Crippen LogP contribution in [0.15, 0.2) is 24.3 Å². The molecule has 0 spiro atoms. The van der Waals surface area contributed by atoms with Gasteiger partial charge in [0.1, 0.15) is 11.4 Å². The number of fused-ring (bicyclic) bond motifs is 1. The van der Waals surface area contributed by atoms with E-state index in [1.54, 1.807) is 24.3 Å². The van der Waals surface area contributed by atoms with Gasteiger partial charge in [0.05, 0.1) is 0 Å². The summed E-state index contributed by atoms with van der Waals surface area (Å²) in [5.74, 6) is -0.413. The van der Waals surface area contributed by atoms with Crippen LogP contribution in [0.25, 0.3) is 0 Å². The highest BCUT2D eigenvalue weighted by Crippen LogP contribution is 2.50. The summed E-state index contributed by atoms with van der Waals surface area (Å²) in [6.07, 6.45) is 2.47. The molecule has 0 saturated heterocycles. The summed E-state index contributed by atoms with van der Waals surface area (Å²) in [5, 5.41) is 21.2. The Bertz CT molecular complexity index is 476. The van der Waals surface area contributed by atoms with Crippen LogP contribution in [0.3, 0.4) is 0 Å². The molecule has 1 heterocycles. The highest BCUT2D eigenvalue weighted by molar-refractivity contribution is 5.90. The summed E-state index contributed by atoms with van der Waals surface area (Å²) >= 11 is 0. The van der Waals surface area contributed by atoms with Crippen LogP contribution < -0.4 is 4.74 Å². The Morgan fingerprint density at radius 2 is 1.76 bits per heavy atom. The Labute approximate surface area is 98.8 Å². The van der Waals surface area contributed by atoms with Crippen LogP contribution >= 0.6 is 0 Å². The first kappa shape index (κ1) is 10.7. The van der Waals surface area contributed by atoms with Crippen molar-refractivity contribution in [2.75, 3.05) is 0 Å². The molecular formula is C13H14O4. The fourth-order valence-electron chi connectivity index (χ4n) is 2.90. The summed E-state index contributed by atoms with van der Waals surface area (Å²) in [6, 6.07) is 6.72. The molecule has 4 heteroatoms. The summed E-state index contributed by atoms with van der Waals surface area (Å²) in [4.78, 5) is 11.9. The summed E-state index contributed by atoms with van der Waals surface area (Å²) in [5.41, 5.74) is -2.91. The molecule has 0 amide bonds. The lowest BCUT2D eigenvalue weighted by Crippen LogP contribution is -2.54. The van der Waals surface area contributed by atoms with E-state index in [0.29, 0.717) is 24.2 Å². The third kappa shape index (κ3) is 1.22. The van der Waals surface area contributed by atoms with Crippen molar-refractivity contribution >= 4 is 5.97 Å². The number of ether oxygens (including phenoxy) is 1. The molecule has 1 aromatic rings. The number of carbonyl (C=O) groups is 1. The molecule has 1 aliphatic heterocycles. The molecule has 2 N–H and O–H groups in total. The Morgan fingerprint density at radius 3 is 2.47 bits per heavy atom. The normalized spacial score (nSPS) is 30.1. The number of esters is 1. The maximum atomic E-state index is 11.9. The number of hydrogen-bond acceptors (Lipinski definition) is 4. The number of carbonyl (C=O) groups excluding carboxylic acids is 1. The van der Waals surface area contributed by atoms with Gasteiger partial charge in [0.25, 0.3) is 0 Å². The highest BCUT2D eigenvalue weighted by Gasteiger charge is 2.62. The zero-order chi connectivity index (χ0) is 12.1. The van der Waals surface area contributed by atoms with Crippen molar-refractivity contribution in [3.8, 4) is 5.75 Å². The van der Waals surface area contributed by atoms with Crippen LogP contribution in [0.5, 0.6) is 5.75 Å². The zero-order valence-corrected chi connectivity index (χ0v) is 9.35. The molecule has 1 saturated carbocycles. The van der Waals surface area contributed by atoms with Crippen molar-refractivity contribution in [3.63, 3.8) is 0 Å². The fourth-order valence-corrected chi connectivity index (χ4v) is 2.90. The van der Waals surface area contributed by atoms with Gasteiger partial charge in [-0.15, -0.1) is 0 Å². The summed E-state index contributed by atoms with van der Waals surface area (Å²) < 4.78 is 5.05. The molecule has 0 radical (unpaired) electrons. The van der Waals surface area contributed by atoms with Gasteiger partial charge in [-0.25, -0.2) is 4.79 Å². The monoisotopic (exact) mass is 234 g/mol. The molecule has 1 aliphatic carbocycles. The molecule has 1 aromatic carbocycles. The molecule has 4 nitrogen and oxygen atoms in total. The van der Waals surface area contributed by atoms with E-state index in [4.69, 9.17) is 4.74 Å². The number of hydrogen-bond donors (Lipinski definition) is 2.